The molecule has 2 aliphatic heterocycles. The summed E-state index contributed by atoms with van der Waals surface area (Å²) < 4.78 is 11.1. The summed E-state index contributed by atoms with van der Waals surface area (Å²) in [5, 5.41) is 0. The normalized spacial score (nSPS) is 22.0. The lowest BCUT2D eigenvalue weighted by molar-refractivity contribution is 0.132. The maximum Gasteiger partial charge on any atom is 0.218 e. The van der Waals surface area contributed by atoms with Crippen molar-refractivity contribution in [2.45, 2.75) is 12.0 Å². The summed E-state index contributed by atoms with van der Waals surface area (Å²) in [4.78, 5) is 17.3. The van der Waals surface area contributed by atoms with E-state index in [2.05, 4.69) is 31.8 Å². The van der Waals surface area contributed by atoms with Gasteiger partial charge in [-0.3, -0.25) is 9.88 Å². The van der Waals surface area contributed by atoms with E-state index in [1.807, 2.05) is 18.2 Å². The Kier molecular flexibility index (Phi) is 4.17. The van der Waals surface area contributed by atoms with Gasteiger partial charge in [-0.2, -0.15) is 0 Å². The first-order valence-corrected chi connectivity index (χ1v) is 8.54. The molecule has 132 valence electrons. The second-order valence-electron chi connectivity index (χ2n) is 6.95. The number of methoxy groups -OCH3 is 1. The van der Waals surface area contributed by atoms with Crippen LogP contribution in [0.2, 0.25) is 0 Å². The summed E-state index contributed by atoms with van der Waals surface area (Å²) in [5.41, 5.74) is 0.223. The molecule has 4 heterocycles. The third-order valence-corrected chi connectivity index (χ3v) is 5.26. The molecule has 0 amide bonds. The van der Waals surface area contributed by atoms with Crippen LogP contribution in [0.15, 0.2) is 36.9 Å². The summed E-state index contributed by atoms with van der Waals surface area (Å²) in [6.07, 6.45) is 6.23. The number of likely N-dealkylation sites (N-methyl/N-ethyl adjacent to an activating group) is 1. The maximum absolute atomic E-state index is 5.90. The fourth-order valence-electron chi connectivity index (χ4n) is 3.91. The van der Waals surface area contributed by atoms with Crippen molar-refractivity contribution >= 4 is 5.82 Å². The van der Waals surface area contributed by atoms with Gasteiger partial charge in [-0.15, -0.1) is 0 Å². The van der Waals surface area contributed by atoms with Crippen molar-refractivity contribution in [2.75, 3.05) is 45.3 Å². The Hall–Kier alpha value is -2.41. The van der Waals surface area contributed by atoms with Crippen molar-refractivity contribution in [3.8, 4) is 11.6 Å². The fourth-order valence-corrected chi connectivity index (χ4v) is 3.91. The SMILES string of the molecule is COc1cc(N2CC3(C[C@@H](COc4cccnc4)CN3C)C2)ncn1. The minimum Gasteiger partial charge on any atom is -0.492 e. The zero-order valence-corrected chi connectivity index (χ0v) is 14.6. The van der Waals surface area contributed by atoms with Gasteiger partial charge in [-0.25, -0.2) is 9.97 Å². The van der Waals surface area contributed by atoms with Crippen LogP contribution in [0.3, 0.4) is 0 Å². The molecule has 0 aliphatic carbocycles. The first-order valence-electron chi connectivity index (χ1n) is 8.54. The zero-order chi connectivity index (χ0) is 17.3. The van der Waals surface area contributed by atoms with E-state index in [0.717, 1.165) is 44.2 Å². The highest BCUT2D eigenvalue weighted by Crippen LogP contribution is 2.41. The van der Waals surface area contributed by atoms with E-state index < -0.39 is 0 Å². The number of likely N-dealkylation sites (tertiary alicyclic amines) is 1. The van der Waals surface area contributed by atoms with Crippen LogP contribution in [0.1, 0.15) is 6.42 Å². The van der Waals surface area contributed by atoms with Gasteiger partial charge in [0.25, 0.3) is 0 Å². The molecule has 7 heteroatoms. The number of rotatable bonds is 5. The summed E-state index contributed by atoms with van der Waals surface area (Å²) >= 11 is 0. The van der Waals surface area contributed by atoms with Gasteiger partial charge < -0.3 is 14.4 Å². The van der Waals surface area contributed by atoms with Crippen LogP contribution in [0.5, 0.6) is 11.6 Å². The number of nitrogens with zero attached hydrogens (tertiary/aromatic N) is 5. The number of hydrogen-bond donors (Lipinski definition) is 0. The van der Waals surface area contributed by atoms with Crippen molar-refractivity contribution in [3.05, 3.63) is 36.9 Å². The third kappa shape index (κ3) is 3.11. The van der Waals surface area contributed by atoms with Crippen LogP contribution in [-0.2, 0) is 0 Å². The number of anilines is 1. The minimum atomic E-state index is 0.223. The van der Waals surface area contributed by atoms with E-state index in [9.17, 15) is 0 Å². The molecule has 7 nitrogen and oxygen atoms in total. The van der Waals surface area contributed by atoms with Crippen LogP contribution in [0.4, 0.5) is 5.82 Å². The second-order valence-corrected chi connectivity index (χ2v) is 6.95. The van der Waals surface area contributed by atoms with E-state index in [1.54, 1.807) is 25.8 Å². The number of ether oxygens (including phenoxy) is 2. The van der Waals surface area contributed by atoms with Gasteiger partial charge in [0.1, 0.15) is 17.9 Å². The van der Waals surface area contributed by atoms with Crippen molar-refractivity contribution in [1.82, 2.24) is 19.9 Å². The van der Waals surface area contributed by atoms with E-state index in [1.165, 1.54) is 0 Å². The highest BCUT2D eigenvalue weighted by Gasteiger charge is 2.52. The van der Waals surface area contributed by atoms with Gasteiger partial charge in [0.15, 0.2) is 0 Å². The molecular weight excluding hydrogens is 318 g/mol. The molecule has 0 radical (unpaired) electrons. The summed E-state index contributed by atoms with van der Waals surface area (Å²) in [6, 6.07) is 5.75. The highest BCUT2D eigenvalue weighted by atomic mass is 16.5. The van der Waals surface area contributed by atoms with E-state index in [0.29, 0.717) is 11.8 Å². The van der Waals surface area contributed by atoms with Gasteiger partial charge in [0.05, 0.1) is 25.5 Å². The molecular formula is C18H23N5O2. The summed E-state index contributed by atoms with van der Waals surface area (Å²) in [5.74, 6) is 2.91. The molecule has 0 aromatic carbocycles. The van der Waals surface area contributed by atoms with Crippen molar-refractivity contribution < 1.29 is 9.47 Å². The van der Waals surface area contributed by atoms with Crippen molar-refractivity contribution in [2.24, 2.45) is 5.92 Å². The average Bonchev–Trinajstić information content (AvgIpc) is 2.96. The molecule has 0 bridgehead atoms. The molecule has 1 atom stereocenters. The quantitative estimate of drug-likeness (QED) is 0.816. The first-order chi connectivity index (χ1) is 12.2. The monoisotopic (exact) mass is 341 g/mol. The average molecular weight is 341 g/mol. The molecule has 2 aromatic heterocycles. The maximum atomic E-state index is 5.90. The fraction of sp³-hybridized carbons (Fsp3) is 0.500. The topological polar surface area (TPSA) is 63.6 Å². The minimum absolute atomic E-state index is 0.223. The number of pyridine rings is 1. The molecule has 2 aromatic rings. The van der Waals surface area contributed by atoms with Crippen molar-refractivity contribution in [1.29, 1.82) is 0 Å². The van der Waals surface area contributed by atoms with Crippen LogP contribution in [0, 0.1) is 5.92 Å². The molecule has 2 aliphatic rings. The van der Waals surface area contributed by atoms with Crippen LogP contribution in [0.25, 0.3) is 0 Å². The molecule has 0 unspecified atom stereocenters. The Morgan fingerprint density at radius 2 is 2.20 bits per heavy atom. The molecule has 25 heavy (non-hydrogen) atoms. The van der Waals surface area contributed by atoms with E-state index in [-0.39, 0.29) is 5.54 Å². The van der Waals surface area contributed by atoms with Crippen LogP contribution >= 0.6 is 0 Å². The van der Waals surface area contributed by atoms with Crippen LogP contribution in [-0.4, -0.2) is 65.8 Å². The lowest BCUT2D eigenvalue weighted by Gasteiger charge is -2.52. The van der Waals surface area contributed by atoms with Gasteiger partial charge >= 0.3 is 0 Å². The third-order valence-electron chi connectivity index (χ3n) is 5.26. The molecule has 1 spiro atoms. The molecule has 0 N–H and O–H groups in total. The van der Waals surface area contributed by atoms with E-state index >= 15 is 0 Å². The van der Waals surface area contributed by atoms with Crippen LogP contribution < -0.4 is 14.4 Å². The highest BCUT2D eigenvalue weighted by molar-refractivity contribution is 5.46. The molecule has 0 saturated carbocycles. The van der Waals surface area contributed by atoms with Crippen molar-refractivity contribution in [3.63, 3.8) is 0 Å². The second kappa shape index (κ2) is 6.48. The Balaban J connectivity index is 1.34. The predicted molar refractivity (Wildman–Crippen MR) is 94.0 cm³/mol. The molecule has 2 fully saturated rings. The lowest BCUT2D eigenvalue weighted by atomic mass is 9.84. The first kappa shape index (κ1) is 16.1. The Bertz CT molecular complexity index is 720. The molecule has 4 rings (SSSR count). The Labute approximate surface area is 147 Å². The van der Waals surface area contributed by atoms with Gasteiger partial charge in [0.2, 0.25) is 5.88 Å². The molecule has 2 saturated heterocycles. The van der Waals surface area contributed by atoms with Gasteiger partial charge in [-0.1, -0.05) is 0 Å². The summed E-state index contributed by atoms with van der Waals surface area (Å²) in [7, 11) is 3.84. The summed E-state index contributed by atoms with van der Waals surface area (Å²) in [6.45, 7) is 3.75. The van der Waals surface area contributed by atoms with Gasteiger partial charge in [0, 0.05) is 37.8 Å². The predicted octanol–water partition coefficient (Wildman–Crippen LogP) is 1.47. The smallest absolute Gasteiger partial charge is 0.218 e. The number of aromatic nitrogens is 3. The van der Waals surface area contributed by atoms with E-state index in [4.69, 9.17) is 9.47 Å². The Morgan fingerprint density at radius 3 is 2.96 bits per heavy atom. The Morgan fingerprint density at radius 1 is 1.32 bits per heavy atom. The lowest BCUT2D eigenvalue weighted by Crippen LogP contribution is -2.67. The largest absolute Gasteiger partial charge is 0.492 e. The number of hydrogen-bond acceptors (Lipinski definition) is 7. The standard InChI is InChI=1S/C18H23N5O2/c1-22-9-14(10-25-15-4-3-5-19-8-15)7-18(22)11-23(12-18)16-6-17(24-2)21-13-20-16/h3-6,8,13-14H,7,9-12H2,1-2H3/t14-/m1/s1. The zero-order valence-electron chi connectivity index (χ0n) is 14.6. The van der Waals surface area contributed by atoms with Gasteiger partial charge in [-0.05, 0) is 25.6 Å².